The first-order valence-electron chi connectivity index (χ1n) is 7.02. The van der Waals surface area contributed by atoms with Gasteiger partial charge in [-0.1, -0.05) is 13.8 Å². The van der Waals surface area contributed by atoms with E-state index in [4.69, 9.17) is 0 Å². The molecule has 9 heteroatoms. The lowest BCUT2D eigenvalue weighted by Gasteiger charge is -2.27. The minimum atomic E-state index is -4.63. The first kappa shape index (κ1) is 16.8. The Morgan fingerprint density at radius 1 is 1.17 bits per heavy atom. The van der Waals surface area contributed by atoms with Crippen LogP contribution in [0.5, 0.6) is 0 Å². The van der Waals surface area contributed by atoms with E-state index in [0.717, 1.165) is 16.7 Å². The molecule has 0 bridgehead atoms. The van der Waals surface area contributed by atoms with Crippen LogP contribution in [0.3, 0.4) is 0 Å². The summed E-state index contributed by atoms with van der Waals surface area (Å²) in [4.78, 5) is 16.4. The molecule has 0 saturated heterocycles. The number of hydrogen-bond acceptors (Lipinski definition) is 2. The van der Waals surface area contributed by atoms with Crippen LogP contribution in [0.4, 0.5) is 26.3 Å². The van der Waals surface area contributed by atoms with Crippen LogP contribution in [0, 0.1) is 5.92 Å². The van der Waals surface area contributed by atoms with Crippen molar-refractivity contribution in [3.63, 3.8) is 0 Å². The molecule has 1 aromatic heterocycles. The molecule has 130 valence electrons. The fourth-order valence-electron chi connectivity index (χ4n) is 3.14. The van der Waals surface area contributed by atoms with Crippen molar-refractivity contribution in [2.75, 3.05) is 0 Å². The fraction of sp³-hybridized carbons (Fsp3) is 0.467. The molecule has 0 saturated carbocycles. The van der Waals surface area contributed by atoms with E-state index >= 15 is 0 Å². The van der Waals surface area contributed by atoms with Crippen molar-refractivity contribution in [2.24, 2.45) is 5.92 Å². The molecule has 3 rings (SSSR count). The van der Waals surface area contributed by atoms with E-state index in [2.05, 4.69) is 4.98 Å². The maximum atomic E-state index is 13.2. The van der Waals surface area contributed by atoms with Gasteiger partial charge in [0.05, 0.1) is 22.4 Å². The first-order chi connectivity index (χ1) is 10.8. The van der Waals surface area contributed by atoms with Gasteiger partial charge in [-0.05, 0) is 18.2 Å². The summed E-state index contributed by atoms with van der Waals surface area (Å²) in [6, 6.07) is 2.36. The Morgan fingerprint density at radius 2 is 1.79 bits per heavy atom. The second-order valence-electron chi connectivity index (χ2n) is 6.40. The first-order valence-corrected chi connectivity index (χ1v) is 7.02. The monoisotopic (exact) mass is 350 g/mol. The molecular formula is C15H12F6N2O. The number of aromatic nitrogens is 2. The topological polar surface area (TPSA) is 34.9 Å². The summed E-state index contributed by atoms with van der Waals surface area (Å²) in [5, 5.41) is -0.134. The molecule has 0 radical (unpaired) electrons. The second kappa shape index (κ2) is 4.73. The lowest BCUT2D eigenvalue weighted by Crippen LogP contribution is -2.36. The number of hydrogen-bond donors (Lipinski definition) is 0. The number of halogens is 6. The highest BCUT2D eigenvalue weighted by molar-refractivity contribution is 5.78. The van der Waals surface area contributed by atoms with E-state index in [1.165, 1.54) is 13.8 Å². The van der Waals surface area contributed by atoms with Crippen LogP contribution in [0.2, 0.25) is 0 Å². The van der Waals surface area contributed by atoms with Crippen LogP contribution in [0.15, 0.2) is 23.0 Å². The van der Waals surface area contributed by atoms with Crippen molar-refractivity contribution in [1.82, 2.24) is 9.55 Å². The lowest BCUT2D eigenvalue weighted by molar-refractivity contribution is -0.189. The number of fused-ring (bicyclic) bond motifs is 2. The zero-order chi connectivity index (χ0) is 18.1. The molecule has 0 spiro atoms. The van der Waals surface area contributed by atoms with E-state index in [9.17, 15) is 31.1 Å². The van der Waals surface area contributed by atoms with Crippen molar-refractivity contribution < 1.29 is 26.3 Å². The normalized spacial score (nSPS) is 20.4. The molecule has 0 fully saturated rings. The predicted molar refractivity (Wildman–Crippen MR) is 73.6 cm³/mol. The maximum Gasteiger partial charge on any atom is 0.416 e. The van der Waals surface area contributed by atoms with Crippen molar-refractivity contribution in [3.8, 4) is 0 Å². The Balaban J connectivity index is 2.27. The highest BCUT2D eigenvalue weighted by atomic mass is 19.4. The van der Waals surface area contributed by atoms with E-state index in [1.807, 2.05) is 0 Å². The predicted octanol–water partition coefficient (Wildman–Crippen LogP) is 3.89. The van der Waals surface area contributed by atoms with Crippen LogP contribution < -0.4 is 5.56 Å². The van der Waals surface area contributed by atoms with E-state index in [-0.39, 0.29) is 16.7 Å². The Bertz CT molecular complexity index is 878. The van der Waals surface area contributed by atoms with Gasteiger partial charge in [-0.25, -0.2) is 4.98 Å². The zero-order valence-corrected chi connectivity index (χ0v) is 12.6. The molecule has 0 amide bonds. The van der Waals surface area contributed by atoms with Gasteiger partial charge in [-0.2, -0.15) is 26.3 Å². The molecule has 0 aliphatic carbocycles. The smallest absolute Gasteiger partial charge is 0.295 e. The summed E-state index contributed by atoms with van der Waals surface area (Å²) < 4.78 is 79.0. The quantitative estimate of drug-likeness (QED) is 0.676. The van der Waals surface area contributed by atoms with Crippen LogP contribution in [0.1, 0.15) is 25.2 Å². The fourth-order valence-corrected chi connectivity index (χ4v) is 3.14. The zero-order valence-electron chi connectivity index (χ0n) is 12.6. The summed E-state index contributed by atoms with van der Waals surface area (Å²) in [5.41, 5.74) is -3.53. The summed E-state index contributed by atoms with van der Waals surface area (Å²) >= 11 is 0. The molecule has 1 atom stereocenters. The largest absolute Gasteiger partial charge is 0.416 e. The minimum absolute atomic E-state index is 0.134. The van der Waals surface area contributed by atoms with E-state index < -0.39 is 41.4 Å². The lowest BCUT2D eigenvalue weighted by atomic mass is 9.80. The summed E-state index contributed by atoms with van der Waals surface area (Å²) in [6.45, 7) is 1.99. The Kier molecular flexibility index (Phi) is 3.31. The molecule has 3 nitrogen and oxygen atoms in total. The van der Waals surface area contributed by atoms with Gasteiger partial charge in [0, 0.05) is 12.0 Å². The minimum Gasteiger partial charge on any atom is -0.295 e. The summed E-state index contributed by atoms with van der Waals surface area (Å²) in [5.74, 6) is -1.98. The average Bonchev–Trinajstić information content (AvgIpc) is 2.69. The molecule has 0 N–H and O–H groups in total. The highest BCUT2D eigenvalue weighted by Gasteiger charge is 2.55. The Hall–Kier alpha value is -2.06. The molecule has 1 aromatic carbocycles. The van der Waals surface area contributed by atoms with Gasteiger partial charge in [-0.15, -0.1) is 0 Å². The summed E-state index contributed by atoms with van der Waals surface area (Å²) in [7, 11) is 0. The van der Waals surface area contributed by atoms with Gasteiger partial charge in [-0.3, -0.25) is 9.36 Å². The van der Waals surface area contributed by atoms with E-state index in [1.54, 1.807) is 0 Å². The SMILES string of the molecule is CC1(C)c2nc3cc(C(F)(F)F)ccc3c(=O)n2CC1C(F)(F)F. The van der Waals surface area contributed by atoms with Gasteiger partial charge in [0.25, 0.3) is 5.56 Å². The number of rotatable bonds is 0. The van der Waals surface area contributed by atoms with Gasteiger partial charge in [0.1, 0.15) is 5.82 Å². The molecular weight excluding hydrogens is 338 g/mol. The maximum absolute atomic E-state index is 13.2. The van der Waals surface area contributed by atoms with Crippen molar-refractivity contribution in [3.05, 3.63) is 39.9 Å². The van der Waals surface area contributed by atoms with Crippen LogP contribution in [-0.2, 0) is 18.1 Å². The molecule has 1 unspecified atom stereocenters. The van der Waals surface area contributed by atoms with Gasteiger partial charge >= 0.3 is 12.4 Å². The number of nitrogens with zero attached hydrogens (tertiary/aromatic N) is 2. The molecule has 1 aliphatic heterocycles. The van der Waals surface area contributed by atoms with E-state index in [0.29, 0.717) is 6.07 Å². The Morgan fingerprint density at radius 3 is 2.33 bits per heavy atom. The third kappa shape index (κ3) is 2.37. The molecule has 2 aromatic rings. The molecule has 2 heterocycles. The Labute approximate surface area is 131 Å². The third-order valence-electron chi connectivity index (χ3n) is 4.49. The van der Waals surface area contributed by atoms with Crippen LogP contribution >= 0.6 is 0 Å². The second-order valence-corrected chi connectivity index (χ2v) is 6.40. The number of benzene rings is 1. The van der Waals surface area contributed by atoms with Gasteiger partial charge in [0.15, 0.2) is 0 Å². The van der Waals surface area contributed by atoms with Gasteiger partial charge < -0.3 is 0 Å². The summed E-state index contributed by atoms with van der Waals surface area (Å²) in [6.07, 6.45) is -9.18. The highest BCUT2D eigenvalue weighted by Crippen LogP contribution is 2.46. The van der Waals surface area contributed by atoms with Crippen molar-refractivity contribution >= 4 is 10.9 Å². The van der Waals surface area contributed by atoms with Gasteiger partial charge in [0.2, 0.25) is 0 Å². The van der Waals surface area contributed by atoms with Crippen molar-refractivity contribution in [2.45, 2.75) is 38.2 Å². The molecule has 1 aliphatic rings. The average molecular weight is 350 g/mol. The van der Waals surface area contributed by atoms with Crippen molar-refractivity contribution in [1.29, 1.82) is 0 Å². The standard InChI is InChI=1S/C15H12F6N2O/c1-13(2)10(15(19,20)21)6-23-11(24)8-4-3-7(14(16,17)18)5-9(8)22-12(13)23/h3-5,10H,6H2,1-2H3. The molecule has 24 heavy (non-hydrogen) atoms. The number of alkyl halides is 6. The van der Waals surface area contributed by atoms with Crippen LogP contribution in [-0.4, -0.2) is 15.7 Å². The third-order valence-corrected chi connectivity index (χ3v) is 4.49. The van der Waals surface area contributed by atoms with Crippen LogP contribution in [0.25, 0.3) is 10.9 Å².